The minimum Gasteiger partial charge on any atom is -0.508 e. The van der Waals surface area contributed by atoms with Gasteiger partial charge in [-0.3, -0.25) is 9.13 Å². The molecule has 0 saturated carbocycles. The van der Waals surface area contributed by atoms with Crippen LogP contribution in [0.15, 0.2) is 42.5 Å². The molecule has 2 aromatic rings. The smallest absolute Gasteiger partial charge is 0.356 e. The lowest BCUT2D eigenvalue weighted by Crippen LogP contribution is -2.08. The maximum absolute atomic E-state index is 11.3. The van der Waals surface area contributed by atoms with Gasteiger partial charge in [-0.1, -0.05) is 12.1 Å². The lowest BCUT2D eigenvalue weighted by Gasteiger charge is -2.15. The summed E-state index contributed by atoms with van der Waals surface area (Å²) in [6.45, 7) is 0. The summed E-state index contributed by atoms with van der Waals surface area (Å²) in [5, 5.41) is 19.6. The number of aryl methyl sites for hydroxylation is 1. The van der Waals surface area contributed by atoms with E-state index in [0.29, 0.717) is 12.0 Å². The summed E-state index contributed by atoms with van der Waals surface area (Å²) in [4.78, 5) is 36.4. The van der Waals surface area contributed by atoms with E-state index in [1.807, 2.05) is 0 Å². The summed E-state index contributed by atoms with van der Waals surface area (Å²) in [6.07, 6.45) is -0.678. The molecule has 0 aliphatic heterocycles. The van der Waals surface area contributed by atoms with Gasteiger partial charge in [-0.25, -0.2) is 0 Å². The molecular formula is C15H18O8P2. The molecule has 1 atom stereocenters. The van der Waals surface area contributed by atoms with Gasteiger partial charge in [0.25, 0.3) is 0 Å². The first-order valence-corrected chi connectivity index (χ1v) is 10.4. The van der Waals surface area contributed by atoms with Crippen LogP contribution < -0.4 is 10.6 Å². The highest BCUT2D eigenvalue weighted by Gasteiger charge is 2.21. The van der Waals surface area contributed by atoms with Gasteiger partial charge < -0.3 is 29.8 Å². The van der Waals surface area contributed by atoms with Crippen LogP contribution in [-0.2, 0) is 15.6 Å². The Morgan fingerprint density at radius 2 is 1.36 bits per heavy atom. The van der Waals surface area contributed by atoms with E-state index in [-0.39, 0.29) is 28.3 Å². The van der Waals surface area contributed by atoms with Crippen LogP contribution in [0.5, 0.6) is 5.75 Å². The molecule has 0 aliphatic carbocycles. The first-order chi connectivity index (χ1) is 11.5. The van der Waals surface area contributed by atoms with Crippen LogP contribution in [0, 0.1) is 0 Å². The van der Waals surface area contributed by atoms with Crippen LogP contribution >= 0.6 is 15.2 Å². The average Bonchev–Trinajstić information content (AvgIpc) is 2.51. The molecule has 0 aromatic heterocycles. The van der Waals surface area contributed by atoms with Gasteiger partial charge in [0, 0.05) is 5.56 Å². The largest absolute Gasteiger partial charge is 0.508 e. The van der Waals surface area contributed by atoms with Gasteiger partial charge >= 0.3 is 15.2 Å². The summed E-state index contributed by atoms with van der Waals surface area (Å²) in [5.74, 6) is -0.276. The summed E-state index contributed by atoms with van der Waals surface area (Å²) < 4.78 is 22.4. The van der Waals surface area contributed by atoms with Crippen molar-refractivity contribution in [3.05, 3.63) is 53.6 Å². The van der Waals surface area contributed by atoms with Crippen molar-refractivity contribution in [2.75, 3.05) is 0 Å². The Labute approximate surface area is 143 Å². The van der Waals surface area contributed by atoms with E-state index < -0.39 is 21.3 Å². The standard InChI is InChI=1S/C15H18O8P2/c16-14(13-9-12(25(21,22)23)6-8-15(13)17)7-3-10-1-4-11(5-2-10)24(18,19)20/h1-2,4-6,8-9,14,16-17H,3,7H2,(H2,18,19,20)(H2,21,22,23). The Hall–Kier alpha value is -1.50. The van der Waals surface area contributed by atoms with E-state index in [9.17, 15) is 19.3 Å². The zero-order valence-corrected chi connectivity index (χ0v) is 14.7. The van der Waals surface area contributed by atoms with Gasteiger partial charge in [-0.2, -0.15) is 0 Å². The van der Waals surface area contributed by atoms with Gasteiger partial charge in [0.15, 0.2) is 0 Å². The quantitative estimate of drug-likeness (QED) is 0.394. The SMILES string of the molecule is O=P(O)(O)c1ccc(CCC(O)c2cc(P(=O)(O)O)ccc2O)cc1. The van der Waals surface area contributed by atoms with Crippen molar-refractivity contribution >= 4 is 25.8 Å². The Morgan fingerprint density at radius 3 is 1.88 bits per heavy atom. The summed E-state index contributed by atoms with van der Waals surface area (Å²) >= 11 is 0. The topological polar surface area (TPSA) is 156 Å². The first kappa shape index (κ1) is 19.8. The Bertz CT molecular complexity index is 837. The fourth-order valence-corrected chi connectivity index (χ4v) is 3.42. The molecule has 2 rings (SSSR count). The molecule has 0 fully saturated rings. The molecule has 0 saturated heterocycles. The molecule has 2 aromatic carbocycles. The minimum atomic E-state index is -4.50. The fraction of sp³-hybridized carbons (Fsp3) is 0.200. The molecule has 0 heterocycles. The highest BCUT2D eigenvalue weighted by molar-refractivity contribution is 7.60. The van der Waals surface area contributed by atoms with Crippen molar-refractivity contribution in [2.24, 2.45) is 0 Å². The van der Waals surface area contributed by atoms with Crippen LogP contribution in [0.1, 0.15) is 23.7 Å². The molecule has 6 N–H and O–H groups in total. The second-order valence-corrected chi connectivity index (χ2v) is 8.76. The van der Waals surface area contributed by atoms with Crippen LogP contribution in [-0.4, -0.2) is 29.8 Å². The molecule has 136 valence electrons. The number of aliphatic hydroxyl groups is 1. The predicted molar refractivity (Wildman–Crippen MR) is 91.2 cm³/mol. The number of hydrogen-bond acceptors (Lipinski definition) is 4. The zero-order valence-electron chi connectivity index (χ0n) is 12.9. The molecule has 1 unspecified atom stereocenters. The number of aliphatic hydroxyl groups excluding tert-OH is 1. The normalized spacial score (nSPS) is 13.6. The third kappa shape index (κ3) is 5.23. The van der Waals surface area contributed by atoms with E-state index in [1.54, 1.807) is 0 Å². The van der Waals surface area contributed by atoms with Crippen LogP contribution in [0.25, 0.3) is 0 Å². The maximum atomic E-state index is 11.3. The summed E-state index contributed by atoms with van der Waals surface area (Å²) in [7, 11) is -8.81. The highest BCUT2D eigenvalue weighted by atomic mass is 31.2. The van der Waals surface area contributed by atoms with Crippen molar-refractivity contribution < 1.29 is 38.9 Å². The molecule has 8 nitrogen and oxygen atoms in total. The first-order valence-electron chi connectivity index (χ1n) is 7.20. The summed E-state index contributed by atoms with van der Waals surface area (Å²) in [6, 6.07) is 8.91. The van der Waals surface area contributed by atoms with Crippen LogP contribution in [0.3, 0.4) is 0 Å². The van der Waals surface area contributed by atoms with E-state index in [0.717, 1.165) is 18.2 Å². The molecule has 0 radical (unpaired) electrons. The minimum absolute atomic E-state index is 0.00710. The molecule has 10 heteroatoms. The highest BCUT2D eigenvalue weighted by Crippen LogP contribution is 2.36. The van der Waals surface area contributed by atoms with E-state index in [1.165, 1.54) is 24.3 Å². The number of phenolic OH excluding ortho intramolecular Hbond substituents is 1. The van der Waals surface area contributed by atoms with Crippen molar-refractivity contribution in [2.45, 2.75) is 18.9 Å². The maximum Gasteiger partial charge on any atom is 0.356 e. The molecule has 0 amide bonds. The number of aromatic hydroxyl groups is 1. The molecule has 25 heavy (non-hydrogen) atoms. The average molecular weight is 388 g/mol. The lowest BCUT2D eigenvalue weighted by molar-refractivity contribution is 0.164. The summed E-state index contributed by atoms with van der Waals surface area (Å²) in [5.41, 5.74) is 0.717. The van der Waals surface area contributed by atoms with Gasteiger partial charge in [0.1, 0.15) is 5.75 Å². The van der Waals surface area contributed by atoms with Gasteiger partial charge in [0.05, 0.1) is 16.7 Å². The van der Waals surface area contributed by atoms with Crippen LogP contribution in [0.4, 0.5) is 0 Å². The van der Waals surface area contributed by atoms with Crippen molar-refractivity contribution in [1.29, 1.82) is 0 Å². The van der Waals surface area contributed by atoms with Gasteiger partial charge in [0.2, 0.25) is 0 Å². The predicted octanol–water partition coefficient (Wildman–Crippen LogP) is 0.664. The van der Waals surface area contributed by atoms with E-state index in [4.69, 9.17) is 19.6 Å². The molecular weight excluding hydrogens is 370 g/mol. The van der Waals surface area contributed by atoms with Crippen molar-refractivity contribution in [1.82, 2.24) is 0 Å². The van der Waals surface area contributed by atoms with E-state index >= 15 is 0 Å². The molecule has 0 bridgehead atoms. The van der Waals surface area contributed by atoms with Crippen molar-refractivity contribution in [3.63, 3.8) is 0 Å². The molecule has 0 spiro atoms. The second-order valence-electron chi connectivity index (χ2n) is 5.55. The zero-order chi connectivity index (χ0) is 18.8. The second kappa shape index (κ2) is 7.40. The number of hydrogen-bond donors (Lipinski definition) is 6. The van der Waals surface area contributed by atoms with Gasteiger partial charge in [-0.15, -0.1) is 0 Å². The number of phenols is 1. The Morgan fingerprint density at radius 1 is 0.840 bits per heavy atom. The van der Waals surface area contributed by atoms with E-state index in [2.05, 4.69) is 0 Å². The van der Waals surface area contributed by atoms with Crippen LogP contribution in [0.2, 0.25) is 0 Å². The van der Waals surface area contributed by atoms with Gasteiger partial charge in [-0.05, 0) is 48.7 Å². The lowest BCUT2D eigenvalue weighted by atomic mass is 10.0. The van der Waals surface area contributed by atoms with Crippen molar-refractivity contribution in [3.8, 4) is 5.75 Å². The fourth-order valence-electron chi connectivity index (χ4n) is 2.31. The third-order valence-corrected chi connectivity index (χ3v) is 5.61. The number of benzene rings is 2. The Balaban J connectivity index is 2.11. The monoisotopic (exact) mass is 388 g/mol. The number of rotatable bonds is 6. The molecule has 0 aliphatic rings. The third-order valence-electron chi connectivity index (χ3n) is 3.69. The Kier molecular flexibility index (Phi) is 5.86.